The van der Waals surface area contributed by atoms with E-state index in [2.05, 4.69) is 40.0 Å². The normalized spacial score (nSPS) is 15.0. The van der Waals surface area contributed by atoms with Crippen molar-refractivity contribution in [2.75, 3.05) is 0 Å². The highest BCUT2D eigenvalue weighted by atomic mass is 14.7. The van der Waals surface area contributed by atoms with Gasteiger partial charge in [-0.15, -0.1) is 0 Å². The van der Waals surface area contributed by atoms with E-state index in [0.29, 0.717) is 11.1 Å². The van der Waals surface area contributed by atoms with Gasteiger partial charge in [0.1, 0.15) is 0 Å². The molecule has 0 amide bonds. The molecule has 0 radical (unpaired) electrons. The second-order valence-electron chi connectivity index (χ2n) is 8.60. The molecule has 0 saturated heterocycles. The molecule has 0 N–H and O–H groups in total. The number of nitrogens with zero attached hydrogens (tertiary/aromatic N) is 4. The Morgan fingerprint density at radius 2 is 1.26 bits per heavy atom. The third-order valence-electron chi connectivity index (χ3n) is 6.81. The van der Waals surface area contributed by atoms with Gasteiger partial charge in [0.05, 0.1) is 25.3 Å². The van der Waals surface area contributed by atoms with Crippen molar-refractivity contribution in [2.24, 2.45) is 0 Å². The number of hydrogen-bond donors (Lipinski definition) is 0. The standard InChI is InChI=1S/C31H14N4/c1-17-8-10-20-22-13-25-26(14-24(22)31(23(20)12-17)28(16-33)35-3)30(27(15-32)34-2)21-11-9-18-6-4-5-7-19(18)29(21)25/h4-14H,1H3/b30-27-,31-28+. The van der Waals surface area contributed by atoms with Crippen LogP contribution < -0.4 is 0 Å². The molecule has 158 valence electrons. The van der Waals surface area contributed by atoms with Crippen molar-refractivity contribution in [3.8, 4) is 34.4 Å². The van der Waals surface area contributed by atoms with E-state index in [9.17, 15) is 10.5 Å². The van der Waals surface area contributed by atoms with Gasteiger partial charge in [-0.1, -0.05) is 60.2 Å². The highest BCUT2D eigenvalue weighted by Gasteiger charge is 2.34. The summed E-state index contributed by atoms with van der Waals surface area (Å²) in [5.74, 6) is 0. The Kier molecular flexibility index (Phi) is 4.21. The summed E-state index contributed by atoms with van der Waals surface area (Å²) < 4.78 is 0. The van der Waals surface area contributed by atoms with Gasteiger partial charge in [0, 0.05) is 11.1 Å². The molecule has 6 rings (SSSR count). The van der Waals surface area contributed by atoms with Crippen LogP contribution in [0.15, 0.2) is 78.1 Å². The zero-order valence-electron chi connectivity index (χ0n) is 18.6. The van der Waals surface area contributed by atoms with E-state index < -0.39 is 0 Å². The van der Waals surface area contributed by atoms with E-state index in [-0.39, 0.29) is 11.4 Å². The Morgan fingerprint density at radius 1 is 0.657 bits per heavy atom. The van der Waals surface area contributed by atoms with Crippen LogP contribution in [0.5, 0.6) is 0 Å². The Bertz CT molecular complexity index is 1860. The van der Waals surface area contributed by atoms with Gasteiger partial charge in [0.15, 0.2) is 0 Å². The predicted molar refractivity (Wildman–Crippen MR) is 136 cm³/mol. The fourth-order valence-electron chi connectivity index (χ4n) is 5.39. The first kappa shape index (κ1) is 20.2. The second kappa shape index (κ2) is 7.30. The number of allylic oxidation sites excluding steroid dienone is 2. The van der Waals surface area contributed by atoms with E-state index >= 15 is 0 Å². The monoisotopic (exact) mass is 442 g/mol. The van der Waals surface area contributed by atoms with E-state index in [0.717, 1.165) is 60.8 Å². The lowest BCUT2D eigenvalue weighted by Gasteiger charge is -2.09. The van der Waals surface area contributed by atoms with Crippen LogP contribution in [0.25, 0.3) is 53.9 Å². The van der Waals surface area contributed by atoms with Gasteiger partial charge in [0.25, 0.3) is 11.4 Å². The zero-order chi connectivity index (χ0) is 24.3. The molecule has 35 heavy (non-hydrogen) atoms. The number of aryl methyl sites for hydroxylation is 1. The molecule has 0 heterocycles. The smallest absolute Gasteiger partial charge is 0.226 e. The zero-order valence-corrected chi connectivity index (χ0v) is 18.6. The fraction of sp³-hybridized carbons (Fsp3) is 0.0323. The molecule has 0 unspecified atom stereocenters. The summed E-state index contributed by atoms with van der Waals surface area (Å²) in [4.78, 5) is 7.09. The summed E-state index contributed by atoms with van der Waals surface area (Å²) in [5, 5.41) is 21.7. The van der Waals surface area contributed by atoms with Gasteiger partial charge in [-0.3, -0.25) is 0 Å². The average molecular weight is 442 g/mol. The lowest BCUT2D eigenvalue weighted by Crippen LogP contribution is -1.90. The maximum Gasteiger partial charge on any atom is 0.270 e. The van der Waals surface area contributed by atoms with Crippen molar-refractivity contribution in [3.05, 3.63) is 129 Å². The molecule has 4 aromatic carbocycles. The molecule has 4 nitrogen and oxygen atoms in total. The van der Waals surface area contributed by atoms with Gasteiger partial charge >= 0.3 is 0 Å². The van der Waals surface area contributed by atoms with Crippen LogP contribution in [0, 0.1) is 42.7 Å². The molecule has 4 aromatic rings. The van der Waals surface area contributed by atoms with Crippen LogP contribution >= 0.6 is 0 Å². The van der Waals surface area contributed by atoms with Crippen molar-refractivity contribution in [2.45, 2.75) is 6.92 Å². The number of rotatable bonds is 0. The van der Waals surface area contributed by atoms with Crippen LogP contribution in [0.4, 0.5) is 0 Å². The third kappa shape index (κ3) is 2.63. The number of hydrogen-bond acceptors (Lipinski definition) is 2. The Balaban J connectivity index is 1.81. The van der Waals surface area contributed by atoms with Crippen molar-refractivity contribution in [1.29, 1.82) is 10.5 Å². The Hall–Kier alpha value is -5.42. The molecule has 0 spiro atoms. The quantitative estimate of drug-likeness (QED) is 0.180. The van der Waals surface area contributed by atoms with Crippen molar-refractivity contribution < 1.29 is 0 Å². The van der Waals surface area contributed by atoms with Gasteiger partial charge in [-0.25, -0.2) is 20.2 Å². The number of fused-ring (bicyclic) bond motifs is 8. The van der Waals surface area contributed by atoms with E-state index in [1.807, 2.05) is 55.5 Å². The van der Waals surface area contributed by atoms with Crippen molar-refractivity contribution in [3.63, 3.8) is 0 Å². The Labute approximate surface area is 202 Å². The minimum Gasteiger partial charge on any atom is -0.226 e. The van der Waals surface area contributed by atoms with Gasteiger partial charge in [-0.2, -0.15) is 0 Å². The second-order valence-corrected chi connectivity index (χ2v) is 8.60. The van der Waals surface area contributed by atoms with Crippen LogP contribution in [0.2, 0.25) is 0 Å². The van der Waals surface area contributed by atoms with Crippen LogP contribution in [-0.2, 0) is 0 Å². The van der Waals surface area contributed by atoms with Gasteiger partial charge in [-0.05, 0) is 74.3 Å². The summed E-state index contributed by atoms with van der Waals surface area (Å²) in [6.45, 7) is 17.3. The molecule has 0 aromatic heterocycles. The minimum atomic E-state index is 0.0304. The number of nitriles is 2. The van der Waals surface area contributed by atoms with E-state index in [1.54, 1.807) is 0 Å². The topological polar surface area (TPSA) is 56.3 Å². The van der Waals surface area contributed by atoms with E-state index in [1.165, 1.54) is 0 Å². The first-order chi connectivity index (χ1) is 17.1. The van der Waals surface area contributed by atoms with Crippen LogP contribution in [0.1, 0.15) is 27.8 Å². The molecule has 0 atom stereocenters. The van der Waals surface area contributed by atoms with Gasteiger partial charge < -0.3 is 0 Å². The van der Waals surface area contributed by atoms with Crippen molar-refractivity contribution in [1.82, 2.24) is 0 Å². The molecule has 2 aliphatic rings. The summed E-state index contributed by atoms with van der Waals surface area (Å²) in [6, 6.07) is 26.4. The lowest BCUT2D eigenvalue weighted by atomic mass is 9.94. The maximum atomic E-state index is 9.82. The molecule has 2 aliphatic carbocycles. The SMILES string of the molecule is [C-]#[N+]/C(C#N)=C1\c2cc(C)ccc2-c2cc3c(cc21)/C(=C(/C#N)[N+]#[C-])c1ccc2ccccc2c1-3. The lowest BCUT2D eigenvalue weighted by molar-refractivity contribution is 1.45. The maximum absolute atomic E-state index is 9.82. The third-order valence-corrected chi connectivity index (χ3v) is 6.81. The molecule has 4 heteroatoms. The first-order valence-electron chi connectivity index (χ1n) is 11.0. The van der Waals surface area contributed by atoms with Crippen LogP contribution in [-0.4, -0.2) is 0 Å². The first-order valence-corrected chi connectivity index (χ1v) is 11.0. The fourth-order valence-corrected chi connectivity index (χ4v) is 5.39. The summed E-state index contributed by atoms with van der Waals surface area (Å²) >= 11 is 0. The van der Waals surface area contributed by atoms with E-state index in [4.69, 9.17) is 13.1 Å². The Morgan fingerprint density at radius 3 is 1.97 bits per heavy atom. The highest BCUT2D eigenvalue weighted by Crippen LogP contribution is 2.55. The summed E-state index contributed by atoms with van der Waals surface area (Å²) in [5.41, 5.74) is 9.50. The van der Waals surface area contributed by atoms with Gasteiger partial charge in [0.2, 0.25) is 0 Å². The molecule has 0 bridgehead atoms. The van der Waals surface area contributed by atoms with Crippen LogP contribution in [0.3, 0.4) is 0 Å². The summed E-state index contributed by atoms with van der Waals surface area (Å²) in [6.07, 6.45) is 0. The molecular formula is C31H14N4. The summed E-state index contributed by atoms with van der Waals surface area (Å²) in [7, 11) is 0. The molecule has 0 fully saturated rings. The molecular weight excluding hydrogens is 428 g/mol. The highest BCUT2D eigenvalue weighted by molar-refractivity contribution is 6.15. The molecule has 0 aliphatic heterocycles. The number of benzene rings is 4. The minimum absolute atomic E-state index is 0.0304. The van der Waals surface area contributed by atoms with Crippen molar-refractivity contribution >= 4 is 21.9 Å². The largest absolute Gasteiger partial charge is 0.270 e. The molecule has 0 saturated carbocycles. The predicted octanol–water partition coefficient (Wildman–Crippen LogP) is 7.51. The average Bonchev–Trinajstić information content (AvgIpc) is 3.37.